The minimum atomic E-state index is -0.633. The Morgan fingerprint density at radius 3 is 2.36 bits per heavy atom. The molecule has 2 aromatic heterocycles. The summed E-state index contributed by atoms with van der Waals surface area (Å²) in [6.07, 6.45) is 3.45. The summed E-state index contributed by atoms with van der Waals surface area (Å²) in [4.78, 5) is 7.45. The maximum Gasteiger partial charge on any atom is 0.137 e. The van der Waals surface area contributed by atoms with E-state index in [0.29, 0.717) is 11.2 Å². The molecule has 2 aromatic carbocycles. The summed E-state index contributed by atoms with van der Waals surface area (Å²) in [7, 11) is 0. The third-order valence-electron chi connectivity index (χ3n) is 4.23. The summed E-state index contributed by atoms with van der Waals surface area (Å²) < 4.78 is 28.2. The van der Waals surface area contributed by atoms with Crippen LogP contribution in [0, 0.1) is 11.6 Å². The second-order valence-electron chi connectivity index (χ2n) is 5.76. The van der Waals surface area contributed by atoms with Crippen molar-refractivity contribution in [3.05, 3.63) is 96.3 Å². The van der Waals surface area contributed by atoms with Crippen molar-refractivity contribution < 1.29 is 8.78 Å². The number of hydrogen-bond donors (Lipinski definition) is 1. The molecule has 0 fully saturated rings. The zero-order chi connectivity index (χ0) is 17.4. The van der Waals surface area contributed by atoms with Gasteiger partial charge in [0.1, 0.15) is 17.3 Å². The highest BCUT2D eigenvalue weighted by Crippen LogP contribution is 2.32. The molecule has 122 valence electrons. The van der Waals surface area contributed by atoms with E-state index in [2.05, 4.69) is 16.5 Å². The van der Waals surface area contributed by atoms with E-state index in [4.69, 9.17) is 0 Å². The second-order valence-corrected chi connectivity index (χ2v) is 5.76. The molecular formula is C21H14F2N2. The Hall–Kier alpha value is -3.27. The van der Waals surface area contributed by atoms with Crippen LogP contribution in [0.5, 0.6) is 0 Å². The van der Waals surface area contributed by atoms with Crippen LogP contribution in [0.4, 0.5) is 8.78 Å². The highest BCUT2D eigenvalue weighted by Gasteiger charge is 2.17. The molecule has 1 N–H and O–H groups in total. The fourth-order valence-electron chi connectivity index (χ4n) is 2.96. The van der Waals surface area contributed by atoms with Gasteiger partial charge in [-0.25, -0.2) is 13.8 Å². The van der Waals surface area contributed by atoms with E-state index in [0.717, 1.165) is 16.5 Å². The molecule has 0 aliphatic rings. The third-order valence-corrected chi connectivity index (χ3v) is 4.23. The summed E-state index contributed by atoms with van der Waals surface area (Å²) >= 11 is 0. The summed E-state index contributed by atoms with van der Waals surface area (Å²) in [5.74, 6) is -1.27. The molecule has 0 spiro atoms. The molecule has 0 amide bonds. The van der Waals surface area contributed by atoms with Crippen LogP contribution in [0.3, 0.4) is 0 Å². The Bertz CT molecular complexity index is 1060. The van der Waals surface area contributed by atoms with Gasteiger partial charge in [-0.2, -0.15) is 0 Å². The van der Waals surface area contributed by atoms with Crippen LogP contribution < -0.4 is 0 Å². The van der Waals surface area contributed by atoms with Crippen molar-refractivity contribution in [3.63, 3.8) is 0 Å². The minimum absolute atomic E-state index is 0.117. The van der Waals surface area contributed by atoms with Crippen molar-refractivity contribution in [2.45, 2.75) is 0 Å². The molecule has 4 aromatic rings. The van der Waals surface area contributed by atoms with Crippen molar-refractivity contribution in [1.29, 1.82) is 0 Å². The average Bonchev–Trinajstić information content (AvgIpc) is 3.05. The van der Waals surface area contributed by atoms with Crippen LogP contribution in [0.1, 0.15) is 11.1 Å². The lowest BCUT2D eigenvalue weighted by Gasteiger charge is -2.08. The molecule has 0 radical (unpaired) electrons. The number of H-pyrrole nitrogens is 1. The number of nitrogens with one attached hydrogen (secondary N) is 1. The zero-order valence-corrected chi connectivity index (χ0v) is 13.3. The van der Waals surface area contributed by atoms with Gasteiger partial charge in [0.05, 0.1) is 5.56 Å². The molecule has 0 bridgehead atoms. The van der Waals surface area contributed by atoms with E-state index >= 15 is 0 Å². The van der Waals surface area contributed by atoms with Gasteiger partial charge in [-0.15, -0.1) is 0 Å². The van der Waals surface area contributed by atoms with E-state index < -0.39 is 11.6 Å². The maximum atomic E-state index is 14.1. The third kappa shape index (κ3) is 2.62. The van der Waals surface area contributed by atoms with Crippen molar-refractivity contribution >= 4 is 16.6 Å². The summed E-state index contributed by atoms with van der Waals surface area (Å²) in [6.45, 7) is 3.91. The number of aromatic nitrogens is 2. The van der Waals surface area contributed by atoms with Crippen LogP contribution in [0.25, 0.3) is 27.7 Å². The second kappa shape index (κ2) is 5.98. The fraction of sp³-hybridized carbons (Fsp3) is 0. The minimum Gasteiger partial charge on any atom is -0.346 e. The van der Waals surface area contributed by atoms with E-state index in [9.17, 15) is 8.78 Å². The van der Waals surface area contributed by atoms with Gasteiger partial charge in [-0.3, -0.25) is 0 Å². The summed E-state index contributed by atoms with van der Waals surface area (Å²) in [5, 5.41) is 0.772. The number of halogens is 2. The number of hydrogen-bond acceptors (Lipinski definition) is 1. The van der Waals surface area contributed by atoms with Crippen molar-refractivity contribution in [1.82, 2.24) is 9.97 Å². The molecule has 0 saturated carbocycles. The Morgan fingerprint density at radius 1 is 0.920 bits per heavy atom. The number of rotatable bonds is 3. The predicted octanol–water partition coefficient (Wildman–Crippen LogP) is 5.57. The van der Waals surface area contributed by atoms with E-state index in [1.54, 1.807) is 12.4 Å². The highest BCUT2D eigenvalue weighted by molar-refractivity contribution is 5.96. The molecule has 2 heterocycles. The molecule has 0 atom stereocenters. The number of nitrogens with zero attached hydrogens (tertiary/aromatic N) is 1. The van der Waals surface area contributed by atoms with Gasteiger partial charge < -0.3 is 4.98 Å². The summed E-state index contributed by atoms with van der Waals surface area (Å²) in [6, 6.07) is 15.6. The first-order valence-corrected chi connectivity index (χ1v) is 7.81. The molecule has 0 aliphatic carbocycles. The maximum absolute atomic E-state index is 14.1. The van der Waals surface area contributed by atoms with Gasteiger partial charge in [0.2, 0.25) is 0 Å². The van der Waals surface area contributed by atoms with Gasteiger partial charge in [-0.1, -0.05) is 43.0 Å². The quantitative estimate of drug-likeness (QED) is 0.522. The Morgan fingerprint density at radius 2 is 1.64 bits per heavy atom. The molecule has 0 saturated heterocycles. The van der Waals surface area contributed by atoms with Gasteiger partial charge in [-0.05, 0) is 29.3 Å². The first kappa shape index (κ1) is 15.3. The predicted molar refractivity (Wildman–Crippen MR) is 96.0 cm³/mol. The lowest BCUT2D eigenvalue weighted by molar-refractivity contribution is 0.577. The number of fused-ring (bicyclic) bond motifs is 1. The van der Waals surface area contributed by atoms with Crippen molar-refractivity contribution in [3.8, 4) is 11.1 Å². The van der Waals surface area contributed by atoms with Gasteiger partial charge >= 0.3 is 0 Å². The molecule has 0 aliphatic heterocycles. The van der Waals surface area contributed by atoms with E-state index in [-0.39, 0.29) is 11.1 Å². The largest absolute Gasteiger partial charge is 0.346 e. The Labute approximate surface area is 143 Å². The molecule has 0 unspecified atom stereocenters. The van der Waals surface area contributed by atoms with Gasteiger partial charge in [0, 0.05) is 28.9 Å². The lowest BCUT2D eigenvalue weighted by atomic mass is 9.97. The van der Waals surface area contributed by atoms with E-state index in [1.807, 2.05) is 36.4 Å². The van der Waals surface area contributed by atoms with Crippen LogP contribution in [0.2, 0.25) is 0 Å². The highest BCUT2D eigenvalue weighted by atomic mass is 19.1. The zero-order valence-electron chi connectivity index (χ0n) is 13.3. The number of benzene rings is 2. The van der Waals surface area contributed by atoms with Crippen molar-refractivity contribution in [2.75, 3.05) is 0 Å². The lowest BCUT2D eigenvalue weighted by Crippen LogP contribution is -1.95. The number of pyridine rings is 1. The Balaban J connectivity index is 1.87. The topological polar surface area (TPSA) is 28.7 Å². The number of aromatic amines is 1. The summed E-state index contributed by atoms with van der Waals surface area (Å²) in [5.41, 5.74) is 3.39. The SMILES string of the molecule is C=C(c1c(F)cccc1F)c1c[nH]c2ncc(-c3ccccc3)cc12. The smallest absolute Gasteiger partial charge is 0.137 e. The molecule has 4 rings (SSSR count). The molecule has 25 heavy (non-hydrogen) atoms. The first-order chi connectivity index (χ1) is 12.1. The Kier molecular flexibility index (Phi) is 3.65. The molecular weight excluding hydrogens is 318 g/mol. The first-order valence-electron chi connectivity index (χ1n) is 7.81. The average molecular weight is 332 g/mol. The normalized spacial score (nSPS) is 11.0. The fourth-order valence-corrected chi connectivity index (χ4v) is 2.96. The van der Waals surface area contributed by atoms with Gasteiger partial charge in [0.15, 0.2) is 0 Å². The van der Waals surface area contributed by atoms with Gasteiger partial charge in [0.25, 0.3) is 0 Å². The molecule has 4 heteroatoms. The van der Waals surface area contributed by atoms with Crippen LogP contribution in [-0.2, 0) is 0 Å². The monoisotopic (exact) mass is 332 g/mol. The van der Waals surface area contributed by atoms with Crippen molar-refractivity contribution in [2.24, 2.45) is 0 Å². The van der Waals surface area contributed by atoms with Crippen LogP contribution in [0.15, 0.2) is 73.6 Å². The van der Waals surface area contributed by atoms with Crippen LogP contribution >= 0.6 is 0 Å². The molecule has 2 nitrogen and oxygen atoms in total. The van der Waals surface area contributed by atoms with E-state index in [1.165, 1.54) is 18.2 Å². The standard InChI is InChI=1S/C21H14F2N2/c1-13(20-18(22)8-5-9-19(20)23)17-12-25-21-16(17)10-15(11-24-21)14-6-3-2-4-7-14/h2-12H,1H2,(H,24,25). The van der Waals surface area contributed by atoms with Crippen LogP contribution in [-0.4, -0.2) is 9.97 Å².